The summed E-state index contributed by atoms with van der Waals surface area (Å²) in [6, 6.07) is 15.2. The number of nitrogens with one attached hydrogen (secondary N) is 1. The first-order valence-electron chi connectivity index (χ1n) is 9.41. The number of nitrogens with zero attached hydrogens (tertiary/aromatic N) is 3. The largest absolute Gasteiger partial charge is 0.497 e. The normalized spacial score (nSPS) is 10.8. The molecule has 158 valence electrons. The van der Waals surface area contributed by atoms with Gasteiger partial charge < -0.3 is 14.8 Å². The van der Waals surface area contributed by atoms with Gasteiger partial charge in [0, 0.05) is 11.6 Å². The average Bonchev–Trinajstić information content (AvgIpc) is 3.18. The highest BCUT2D eigenvalue weighted by Gasteiger charge is 2.12. The number of rotatable bonds is 7. The van der Waals surface area contributed by atoms with Crippen molar-refractivity contribution in [3.8, 4) is 22.8 Å². The van der Waals surface area contributed by atoms with E-state index in [1.165, 1.54) is 28.7 Å². The quantitative estimate of drug-likeness (QED) is 0.403. The van der Waals surface area contributed by atoms with Crippen LogP contribution in [0.1, 0.15) is 5.56 Å². The van der Waals surface area contributed by atoms with E-state index in [1.54, 1.807) is 20.3 Å². The molecule has 0 radical (unpaired) electrons. The highest BCUT2D eigenvalue weighted by molar-refractivity contribution is 7.99. The van der Waals surface area contributed by atoms with Gasteiger partial charge in [0.2, 0.25) is 5.91 Å². The number of aryl methyl sites for hydroxylation is 1. The van der Waals surface area contributed by atoms with Crippen LogP contribution in [-0.4, -0.2) is 41.1 Å². The molecule has 1 amide bonds. The molecule has 0 unspecified atom stereocenters. The number of aromatic nitrogens is 3. The highest BCUT2D eigenvalue weighted by atomic mass is 32.2. The summed E-state index contributed by atoms with van der Waals surface area (Å²) >= 11 is 2.78. The molecule has 0 atom stereocenters. The van der Waals surface area contributed by atoms with E-state index in [0.717, 1.165) is 15.8 Å². The second kappa shape index (κ2) is 9.32. The minimum Gasteiger partial charge on any atom is -0.497 e. The van der Waals surface area contributed by atoms with Crippen molar-refractivity contribution >= 4 is 44.4 Å². The zero-order chi connectivity index (χ0) is 21.8. The lowest BCUT2D eigenvalue weighted by atomic mass is 10.1. The Morgan fingerprint density at radius 2 is 1.94 bits per heavy atom. The summed E-state index contributed by atoms with van der Waals surface area (Å²) in [7, 11) is 3.20. The van der Waals surface area contributed by atoms with Crippen molar-refractivity contribution in [1.29, 1.82) is 0 Å². The van der Waals surface area contributed by atoms with Gasteiger partial charge in [-0.05, 0) is 48.9 Å². The third-order valence-electron chi connectivity index (χ3n) is 4.47. The SMILES string of the molecule is COc1ccc(-c2ccc(SCC(=O)Nc3nc4ccc(C)cc4s3)nn2)c(OC)c1. The van der Waals surface area contributed by atoms with Gasteiger partial charge in [-0.3, -0.25) is 4.79 Å². The van der Waals surface area contributed by atoms with Gasteiger partial charge in [-0.2, -0.15) is 0 Å². The summed E-state index contributed by atoms with van der Waals surface area (Å²) < 4.78 is 11.7. The van der Waals surface area contributed by atoms with Gasteiger partial charge in [0.15, 0.2) is 5.13 Å². The third-order valence-corrected chi connectivity index (χ3v) is 6.32. The van der Waals surface area contributed by atoms with Crippen LogP contribution in [0, 0.1) is 6.92 Å². The lowest BCUT2D eigenvalue weighted by Crippen LogP contribution is -2.13. The van der Waals surface area contributed by atoms with Crippen molar-refractivity contribution in [2.75, 3.05) is 25.3 Å². The molecule has 31 heavy (non-hydrogen) atoms. The molecule has 7 nitrogen and oxygen atoms in total. The molecule has 0 aliphatic heterocycles. The minimum atomic E-state index is -0.136. The van der Waals surface area contributed by atoms with E-state index in [9.17, 15) is 4.79 Å². The van der Waals surface area contributed by atoms with E-state index in [2.05, 4.69) is 26.6 Å². The van der Waals surface area contributed by atoms with Crippen molar-refractivity contribution in [1.82, 2.24) is 15.2 Å². The summed E-state index contributed by atoms with van der Waals surface area (Å²) in [5.41, 5.74) is 3.54. The number of benzene rings is 2. The molecule has 2 heterocycles. The molecule has 9 heteroatoms. The Morgan fingerprint density at radius 3 is 2.68 bits per heavy atom. The molecule has 0 aliphatic carbocycles. The van der Waals surface area contributed by atoms with E-state index in [4.69, 9.17) is 9.47 Å². The molecule has 0 saturated heterocycles. The van der Waals surface area contributed by atoms with Crippen LogP contribution in [0.15, 0.2) is 53.6 Å². The maximum absolute atomic E-state index is 12.3. The Labute approximate surface area is 187 Å². The van der Waals surface area contributed by atoms with Gasteiger partial charge in [-0.15, -0.1) is 10.2 Å². The Hall–Kier alpha value is -3.17. The van der Waals surface area contributed by atoms with E-state index in [0.29, 0.717) is 27.4 Å². The second-order valence-electron chi connectivity index (χ2n) is 6.65. The number of thioether (sulfide) groups is 1. The standard InChI is InChI=1S/C22H20N4O3S2/c1-13-4-7-17-19(10-13)31-22(23-17)24-20(27)12-30-21-9-8-16(25-26-21)15-6-5-14(28-2)11-18(15)29-3/h4-11H,12H2,1-3H3,(H,23,24,27). The average molecular weight is 453 g/mol. The van der Waals surface area contributed by atoms with E-state index in [-0.39, 0.29) is 11.7 Å². The predicted octanol–water partition coefficient (Wildman–Crippen LogP) is 4.81. The van der Waals surface area contributed by atoms with Gasteiger partial charge in [-0.1, -0.05) is 29.2 Å². The Morgan fingerprint density at radius 1 is 1.06 bits per heavy atom. The van der Waals surface area contributed by atoms with Gasteiger partial charge in [0.05, 0.1) is 35.9 Å². The van der Waals surface area contributed by atoms with Crippen LogP contribution < -0.4 is 14.8 Å². The first kappa shape index (κ1) is 21.1. The number of hydrogen-bond acceptors (Lipinski definition) is 8. The van der Waals surface area contributed by atoms with Crippen LogP contribution in [0.3, 0.4) is 0 Å². The first-order chi connectivity index (χ1) is 15.1. The zero-order valence-corrected chi connectivity index (χ0v) is 18.8. The van der Waals surface area contributed by atoms with Crippen LogP contribution in [0.2, 0.25) is 0 Å². The number of amides is 1. The topological polar surface area (TPSA) is 86.2 Å². The molecule has 4 rings (SSSR count). The number of hydrogen-bond donors (Lipinski definition) is 1. The number of carbonyl (C=O) groups is 1. The van der Waals surface area contributed by atoms with Crippen LogP contribution in [-0.2, 0) is 4.79 Å². The summed E-state index contributed by atoms with van der Waals surface area (Å²) in [5, 5.41) is 12.6. The monoisotopic (exact) mass is 452 g/mol. The predicted molar refractivity (Wildman–Crippen MR) is 124 cm³/mol. The van der Waals surface area contributed by atoms with Gasteiger partial charge in [0.1, 0.15) is 16.5 Å². The summed E-state index contributed by atoms with van der Waals surface area (Å²) in [6.45, 7) is 2.03. The van der Waals surface area contributed by atoms with Gasteiger partial charge in [-0.25, -0.2) is 4.98 Å². The molecule has 0 spiro atoms. The molecule has 1 N–H and O–H groups in total. The van der Waals surface area contributed by atoms with Crippen molar-refractivity contribution in [2.24, 2.45) is 0 Å². The number of carbonyl (C=O) groups excluding carboxylic acids is 1. The lowest BCUT2D eigenvalue weighted by Gasteiger charge is -2.09. The fourth-order valence-electron chi connectivity index (χ4n) is 2.93. The molecule has 2 aromatic carbocycles. The number of fused-ring (bicyclic) bond motifs is 1. The third kappa shape index (κ3) is 4.95. The van der Waals surface area contributed by atoms with Crippen LogP contribution in [0.25, 0.3) is 21.5 Å². The fourth-order valence-corrected chi connectivity index (χ4v) is 4.53. The first-order valence-corrected chi connectivity index (χ1v) is 11.2. The molecule has 0 aliphatic rings. The summed E-state index contributed by atoms with van der Waals surface area (Å²) in [4.78, 5) is 16.8. The van der Waals surface area contributed by atoms with E-state index >= 15 is 0 Å². The molecule has 4 aromatic rings. The molecule has 0 saturated carbocycles. The molecule has 0 fully saturated rings. The van der Waals surface area contributed by atoms with Crippen molar-refractivity contribution < 1.29 is 14.3 Å². The molecular weight excluding hydrogens is 432 g/mol. The van der Waals surface area contributed by atoms with Gasteiger partial charge >= 0.3 is 0 Å². The van der Waals surface area contributed by atoms with E-state index < -0.39 is 0 Å². The number of methoxy groups -OCH3 is 2. The summed E-state index contributed by atoms with van der Waals surface area (Å²) in [5.74, 6) is 1.44. The molecule has 2 aromatic heterocycles. The maximum Gasteiger partial charge on any atom is 0.236 e. The Bertz CT molecular complexity index is 1230. The lowest BCUT2D eigenvalue weighted by molar-refractivity contribution is -0.113. The molecular formula is C22H20N4O3S2. The van der Waals surface area contributed by atoms with E-state index in [1.807, 2.05) is 43.3 Å². The van der Waals surface area contributed by atoms with Crippen LogP contribution in [0.4, 0.5) is 5.13 Å². The number of ether oxygens (including phenoxy) is 2. The maximum atomic E-state index is 12.3. The fraction of sp³-hybridized carbons (Fsp3) is 0.182. The second-order valence-corrected chi connectivity index (χ2v) is 8.68. The number of thiazole rings is 1. The number of anilines is 1. The van der Waals surface area contributed by atoms with Gasteiger partial charge in [0.25, 0.3) is 0 Å². The molecule has 0 bridgehead atoms. The van der Waals surface area contributed by atoms with Crippen molar-refractivity contribution in [3.05, 3.63) is 54.1 Å². The van der Waals surface area contributed by atoms with Crippen molar-refractivity contribution in [2.45, 2.75) is 11.9 Å². The Kier molecular flexibility index (Phi) is 6.34. The zero-order valence-electron chi connectivity index (χ0n) is 17.2. The Balaban J connectivity index is 1.38. The van der Waals surface area contributed by atoms with Crippen molar-refractivity contribution in [3.63, 3.8) is 0 Å². The van der Waals surface area contributed by atoms with Crippen LogP contribution in [0.5, 0.6) is 11.5 Å². The summed E-state index contributed by atoms with van der Waals surface area (Å²) in [6.07, 6.45) is 0. The smallest absolute Gasteiger partial charge is 0.236 e. The highest BCUT2D eigenvalue weighted by Crippen LogP contribution is 2.32. The minimum absolute atomic E-state index is 0.136. The van der Waals surface area contributed by atoms with Crippen LogP contribution >= 0.6 is 23.1 Å².